The number of Topliss-reactive ketones (excluding diaryl/α,β-unsaturated/α-hetero) is 1. The minimum Gasteiger partial charge on any atom is -0.465 e. The van der Waals surface area contributed by atoms with Crippen LogP contribution in [0.4, 0.5) is 24.5 Å². The number of nitro groups is 1. The van der Waals surface area contributed by atoms with Crippen molar-refractivity contribution in [3.63, 3.8) is 0 Å². The molecule has 1 aromatic carbocycles. The number of halogens is 3. The van der Waals surface area contributed by atoms with E-state index in [9.17, 15) is 37.7 Å². The van der Waals surface area contributed by atoms with Crippen LogP contribution in [-0.2, 0) is 20.4 Å². The van der Waals surface area contributed by atoms with Crippen LogP contribution in [0.5, 0.6) is 0 Å². The summed E-state index contributed by atoms with van der Waals surface area (Å²) in [6.07, 6.45) is -4.78. The second-order valence-corrected chi connectivity index (χ2v) is 7.00. The Labute approximate surface area is 185 Å². The predicted octanol–water partition coefficient (Wildman–Crippen LogP) is 3.57. The number of benzene rings is 1. The summed E-state index contributed by atoms with van der Waals surface area (Å²) in [6, 6.07) is 0.575. The highest BCUT2D eigenvalue weighted by atomic mass is 19.4. The minimum absolute atomic E-state index is 0.0414. The van der Waals surface area contributed by atoms with Gasteiger partial charge in [0.2, 0.25) is 5.78 Å². The Morgan fingerprint density at radius 2 is 1.88 bits per heavy atom. The van der Waals surface area contributed by atoms with Crippen molar-refractivity contribution in [2.45, 2.75) is 33.0 Å². The molecule has 13 heteroatoms. The number of ketones is 1. The van der Waals surface area contributed by atoms with Gasteiger partial charge in [-0.15, -0.1) is 0 Å². The molecule has 1 aromatic heterocycles. The molecule has 0 radical (unpaired) electrons. The number of esters is 2. The summed E-state index contributed by atoms with van der Waals surface area (Å²) in [7, 11) is 1.19. The molecule has 33 heavy (non-hydrogen) atoms. The molecule has 0 saturated carbocycles. The number of carbonyl (C=O) groups excluding carboxylic acids is 3. The smallest absolute Gasteiger partial charge is 0.416 e. The van der Waals surface area contributed by atoms with E-state index in [4.69, 9.17) is 4.74 Å². The van der Waals surface area contributed by atoms with E-state index in [1.54, 1.807) is 6.92 Å². The van der Waals surface area contributed by atoms with Gasteiger partial charge in [0.05, 0.1) is 28.9 Å². The Kier molecular flexibility index (Phi) is 7.46. The lowest BCUT2D eigenvalue weighted by Crippen LogP contribution is -2.30. The van der Waals surface area contributed by atoms with Crippen LogP contribution >= 0.6 is 0 Å². The van der Waals surface area contributed by atoms with E-state index in [1.807, 2.05) is 0 Å². The number of aromatic nitrogens is 1. The van der Waals surface area contributed by atoms with Gasteiger partial charge in [-0.25, -0.2) is 9.59 Å². The van der Waals surface area contributed by atoms with Gasteiger partial charge in [0.25, 0.3) is 5.69 Å². The number of nitrogens with one attached hydrogen (secondary N) is 2. The molecule has 2 rings (SSSR count). The summed E-state index contributed by atoms with van der Waals surface area (Å²) >= 11 is 0. The molecule has 0 saturated heterocycles. The molecule has 0 fully saturated rings. The maximum absolute atomic E-state index is 12.8. The number of carbonyl (C=O) groups is 3. The van der Waals surface area contributed by atoms with Crippen LogP contribution in [0.25, 0.3) is 0 Å². The number of anilines is 1. The molecule has 1 atom stereocenters. The molecule has 1 unspecified atom stereocenters. The number of ether oxygens (including phenoxy) is 2. The number of nitro benzene ring substituents is 1. The Morgan fingerprint density at radius 3 is 2.42 bits per heavy atom. The average Bonchev–Trinajstić information content (AvgIpc) is 3.04. The van der Waals surface area contributed by atoms with Crippen molar-refractivity contribution in [2.24, 2.45) is 0 Å². The highest BCUT2D eigenvalue weighted by Gasteiger charge is 2.33. The first-order valence-corrected chi connectivity index (χ1v) is 9.37. The quantitative estimate of drug-likeness (QED) is 0.258. The topological polar surface area (TPSA) is 141 Å². The van der Waals surface area contributed by atoms with Crippen LogP contribution in [-0.4, -0.2) is 47.4 Å². The highest BCUT2D eigenvalue weighted by molar-refractivity contribution is 6.02. The predicted molar refractivity (Wildman–Crippen MR) is 108 cm³/mol. The van der Waals surface area contributed by atoms with Crippen molar-refractivity contribution in [3.8, 4) is 0 Å². The second-order valence-electron chi connectivity index (χ2n) is 7.00. The Balaban J connectivity index is 2.10. The van der Waals surface area contributed by atoms with E-state index in [0.29, 0.717) is 23.4 Å². The number of nitrogens with zero attached hydrogens (tertiary/aromatic N) is 1. The zero-order valence-electron chi connectivity index (χ0n) is 18.0. The van der Waals surface area contributed by atoms with Crippen LogP contribution in [0.3, 0.4) is 0 Å². The van der Waals surface area contributed by atoms with Crippen molar-refractivity contribution in [1.82, 2.24) is 4.98 Å². The first kappa shape index (κ1) is 25.4. The van der Waals surface area contributed by atoms with Crippen LogP contribution in [0.2, 0.25) is 0 Å². The summed E-state index contributed by atoms with van der Waals surface area (Å²) in [5, 5.41) is 13.6. The van der Waals surface area contributed by atoms with E-state index in [2.05, 4.69) is 15.0 Å². The SMILES string of the molecule is COC(=O)c1c(C)[nH]c(C(=O)COC(=O)C(C)Nc2ccc(C(F)(F)F)cc2[N+](=O)[O-])c1C. The standard InChI is InChI=1S/C20H20F3N3O7/c1-9-16(19(29)32-4)10(2)25-17(9)15(27)8-33-18(28)11(3)24-13-6-5-12(20(21,22)23)7-14(13)26(30)31/h5-7,11,24-25H,8H2,1-4H3. The summed E-state index contributed by atoms with van der Waals surface area (Å²) in [6.45, 7) is 3.62. The van der Waals surface area contributed by atoms with Crippen LogP contribution in [0.15, 0.2) is 18.2 Å². The number of aryl methyl sites for hydroxylation is 1. The van der Waals surface area contributed by atoms with Gasteiger partial charge in [-0.1, -0.05) is 0 Å². The van der Waals surface area contributed by atoms with Gasteiger partial charge in [-0.05, 0) is 38.5 Å². The molecule has 2 N–H and O–H groups in total. The first-order chi connectivity index (χ1) is 15.3. The molecule has 0 aliphatic rings. The zero-order chi connectivity index (χ0) is 25.1. The molecule has 0 spiro atoms. The van der Waals surface area contributed by atoms with Crippen LogP contribution in [0, 0.1) is 24.0 Å². The zero-order valence-corrected chi connectivity index (χ0v) is 18.0. The molecule has 0 amide bonds. The summed E-state index contributed by atoms with van der Waals surface area (Å²) < 4.78 is 48.0. The Bertz CT molecular complexity index is 1110. The summed E-state index contributed by atoms with van der Waals surface area (Å²) in [4.78, 5) is 49.3. The van der Waals surface area contributed by atoms with Crippen molar-refractivity contribution >= 4 is 29.1 Å². The van der Waals surface area contributed by atoms with Gasteiger partial charge in [0.1, 0.15) is 11.7 Å². The van der Waals surface area contributed by atoms with Crippen molar-refractivity contribution in [2.75, 3.05) is 19.0 Å². The second kappa shape index (κ2) is 9.71. The highest BCUT2D eigenvalue weighted by Crippen LogP contribution is 2.35. The van der Waals surface area contributed by atoms with E-state index in [1.165, 1.54) is 21.0 Å². The molecule has 10 nitrogen and oxygen atoms in total. The fourth-order valence-electron chi connectivity index (χ4n) is 3.04. The van der Waals surface area contributed by atoms with E-state index in [-0.39, 0.29) is 16.9 Å². The Morgan fingerprint density at radius 1 is 1.24 bits per heavy atom. The monoisotopic (exact) mass is 471 g/mol. The fraction of sp³-hybridized carbons (Fsp3) is 0.350. The van der Waals surface area contributed by atoms with E-state index < -0.39 is 52.7 Å². The number of alkyl halides is 3. The van der Waals surface area contributed by atoms with Crippen molar-refractivity contribution in [1.29, 1.82) is 0 Å². The molecule has 0 aliphatic heterocycles. The summed E-state index contributed by atoms with van der Waals surface area (Å²) in [5.74, 6) is -2.27. The molecule has 0 bridgehead atoms. The van der Waals surface area contributed by atoms with E-state index in [0.717, 1.165) is 6.07 Å². The maximum atomic E-state index is 12.8. The molecule has 2 aromatic rings. The van der Waals surface area contributed by atoms with Crippen molar-refractivity contribution < 1.29 is 42.0 Å². The van der Waals surface area contributed by atoms with E-state index >= 15 is 0 Å². The van der Waals surface area contributed by atoms with Gasteiger partial charge in [-0.3, -0.25) is 14.9 Å². The van der Waals surface area contributed by atoms with Gasteiger partial charge >= 0.3 is 18.1 Å². The molecule has 0 aliphatic carbocycles. The number of aromatic amines is 1. The van der Waals surface area contributed by atoms with Crippen molar-refractivity contribution in [3.05, 3.63) is 56.4 Å². The minimum atomic E-state index is -4.78. The third-order valence-electron chi connectivity index (χ3n) is 4.70. The molecule has 178 valence electrons. The number of methoxy groups -OCH3 is 1. The average molecular weight is 471 g/mol. The van der Waals surface area contributed by atoms with Crippen LogP contribution in [0.1, 0.15) is 44.6 Å². The third-order valence-corrected chi connectivity index (χ3v) is 4.70. The lowest BCUT2D eigenvalue weighted by Gasteiger charge is -2.15. The fourth-order valence-corrected chi connectivity index (χ4v) is 3.04. The van der Waals surface area contributed by atoms with Crippen LogP contribution < -0.4 is 5.32 Å². The van der Waals surface area contributed by atoms with Gasteiger partial charge in [0, 0.05) is 11.8 Å². The lowest BCUT2D eigenvalue weighted by atomic mass is 10.1. The Hall–Kier alpha value is -3.90. The van der Waals surface area contributed by atoms with Gasteiger partial charge < -0.3 is 19.8 Å². The normalized spacial score (nSPS) is 12.1. The maximum Gasteiger partial charge on any atom is 0.416 e. The first-order valence-electron chi connectivity index (χ1n) is 9.37. The number of hydrogen-bond acceptors (Lipinski definition) is 8. The molecule has 1 heterocycles. The number of hydrogen-bond donors (Lipinski definition) is 2. The van der Waals surface area contributed by atoms with Gasteiger partial charge in [0.15, 0.2) is 6.61 Å². The lowest BCUT2D eigenvalue weighted by molar-refractivity contribution is -0.384. The molecular weight excluding hydrogens is 451 g/mol. The number of rotatable bonds is 8. The molecular formula is C20H20F3N3O7. The van der Waals surface area contributed by atoms with Gasteiger partial charge in [-0.2, -0.15) is 13.2 Å². The largest absolute Gasteiger partial charge is 0.465 e. The summed E-state index contributed by atoms with van der Waals surface area (Å²) in [5.41, 5.74) is -1.51. The third kappa shape index (κ3) is 5.67. The number of H-pyrrole nitrogens is 1.